The first-order chi connectivity index (χ1) is 9.36. The Hall–Kier alpha value is -1.45. The molecule has 1 aromatic rings. The standard InChI is InChI=1S/C11H18N4O4S/c1-2-7-6-15(4-3-8(7)12)20(18,19)9-5-13-11(17)14-10(9)16/h5,7-8H,2-4,6,12H2,1H3,(H2,13,14,16,17). The van der Waals surface area contributed by atoms with Gasteiger partial charge in [-0.15, -0.1) is 0 Å². The van der Waals surface area contributed by atoms with Crippen LogP contribution in [-0.4, -0.2) is 41.8 Å². The third-order valence-corrected chi connectivity index (χ3v) is 5.55. The normalized spacial score (nSPS) is 24.7. The second-order valence-corrected chi connectivity index (χ2v) is 6.83. The second-order valence-electron chi connectivity index (χ2n) is 4.92. The fourth-order valence-electron chi connectivity index (χ4n) is 2.40. The molecule has 112 valence electrons. The van der Waals surface area contributed by atoms with Crippen LogP contribution in [-0.2, 0) is 10.0 Å². The van der Waals surface area contributed by atoms with Gasteiger partial charge in [0.25, 0.3) is 5.56 Å². The van der Waals surface area contributed by atoms with E-state index in [-0.39, 0.29) is 18.5 Å². The lowest BCUT2D eigenvalue weighted by Crippen LogP contribution is -2.49. The fraction of sp³-hybridized carbons (Fsp3) is 0.636. The molecule has 20 heavy (non-hydrogen) atoms. The van der Waals surface area contributed by atoms with Crippen LogP contribution in [0.2, 0.25) is 0 Å². The van der Waals surface area contributed by atoms with Crippen LogP contribution >= 0.6 is 0 Å². The molecule has 8 nitrogen and oxygen atoms in total. The molecule has 1 aromatic heterocycles. The van der Waals surface area contributed by atoms with E-state index in [1.54, 1.807) is 0 Å². The summed E-state index contributed by atoms with van der Waals surface area (Å²) in [6.45, 7) is 2.52. The SMILES string of the molecule is CCC1CN(S(=O)(=O)c2c[nH]c(=O)[nH]c2=O)CCC1N. The van der Waals surface area contributed by atoms with Gasteiger partial charge in [-0.05, 0) is 12.3 Å². The van der Waals surface area contributed by atoms with Gasteiger partial charge in [0.15, 0.2) is 4.90 Å². The van der Waals surface area contributed by atoms with Crippen LogP contribution in [0.5, 0.6) is 0 Å². The summed E-state index contributed by atoms with van der Waals surface area (Å²) in [5.74, 6) is 0.0698. The van der Waals surface area contributed by atoms with Crippen molar-refractivity contribution in [2.24, 2.45) is 11.7 Å². The molecular formula is C11H18N4O4S. The number of piperidine rings is 1. The summed E-state index contributed by atoms with van der Waals surface area (Å²) >= 11 is 0. The quantitative estimate of drug-likeness (QED) is 0.646. The average molecular weight is 302 g/mol. The Kier molecular flexibility index (Phi) is 4.11. The van der Waals surface area contributed by atoms with Gasteiger partial charge in [-0.2, -0.15) is 4.31 Å². The predicted octanol–water partition coefficient (Wildman–Crippen LogP) is -1.19. The highest BCUT2D eigenvalue weighted by Crippen LogP contribution is 2.23. The molecule has 1 saturated heterocycles. The zero-order chi connectivity index (χ0) is 14.9. The van der Waals surface area contributed by atoms with Crippen molar-refractivity contribution in [3.63, 3.8) is 0 Å². The average Bonchev–Trinajstić information content (AvgIpc) is 2.38. The van der Waals surface area contributed by atoms with Crippen LogP contribution in [0.3, 0.4) is 0 Å². The minimum absolute atomic E-state index is 0.0275. The number of hydrogen-bond donors (Lipinski definition) is 3. The van der Waals surface area contributed by atoms with Crippen LogP contribution in [0.4, 0.5) is 0 Å². The minimum Gasteiger partial charge on any atom is -0.327 e. The molecule has 2 rings (SSSR count). The highest BCUT2D eigenvalue weighted by molar-refractivity contribution is 7.89. The lowest BCUT2D eigenvalue weighted by Gasteiger charge is -2.35. The molecule has 0 bridgehead atoms. The molecule has 0 amide bonds. The maximum atomic E-state index is 12.4. The molecule has 1 fully saturated rings. The van der Waals surface area contributed by atoms with Crippen molar-refractivity contribution in [1.29, 1.82) is 0 Å². The van der Waals surface area contributed by atoms with Gasteiger partial charge >= 0.3 is 5.69 Å². The zero-order valence-electron chi connectivity index (χ0n) is 11.1. The molecule has 2 atom stereocenters. The van der Waals surface area contributed by atoms with Crippen molar-refractivity contribution in [1.82, 2.24) is 14.3 Å². The molecule has 4 N–H and O–H groups in total. The van der Waals surface area contributed by atoms with Gasteiger partial charge in [-0.3, -0.25) is 9.78 Å². The van der Waals surface area contributed by atoms with E-state index in [4.69, 9.17) is 5.73 Å². The number of hydrogen-bond acceptors (Lipinski definition) is 5. The summed E-state index contributed by atoms with van der Waals surface area (Å²) in [6.07, 6.45) is 2.26. The fourth-order valence-corrected chi connectivity index (χ4v) is 3.90. The van der Waals surface area contributed by atoms with Gasteiger partial charge < -0.3 is 10.7 Å². The lowest BCUT2D eigenvalue weighted by molar-refractivity contribution is 0.230. The smallest absolute Gasteiger partial charge is 0.325 e. The van der Waals surface area contributed by atoms with Crippen LogP contribution in [0.15, 0.2) is 20.7 Å². The summed E-state index contributed by atoms with van der Waals surface area (Å²) in [6, 6.07) is -0.0275. The predicted molar refractivity (Wildman–Crippen MR) is 72.8 cm³/mol. The molecule has 2 unspecified atom stereocenters. The topological polar surface area (TPSA) is 129 Å². The number of nitrogens with two attached hydrogens (primary N) is 1. The molecule has 0 radical (unpaired) electrons. The Morgan fingerprint density at radius 2 is 2.15 bits per heavy atom. The third-order valence-electron chi connectivity index (χ3n) is 3.68. The van der Waals surface area contributed by atoms with E-state index in [0.29, 0.717) is 13.0 Å². The first kappa shape index (κ1) is 14.9. The number of H-pyrrole nitrogens is 2. The van der Waals surface area contributed by atoms with Crippen molar-refractivity contribution >= 4 is 10.0 Å². The van der Waals surface area contributed by atoms with Crippen molar-refractivity contribution in [2.75, 3.05) is 13.1 Å². The molecule has 1 aliphatic rings. The Labute approximate surface area is 116 Å². The molecule has 0 aromatic carbocycles. The van der Waals surface area contributed by atoms with E-state index in [2.05, 4.69) is 4.98 Å². The lowest BCUT2D eigenvalue weighted by atomic mass is 9.92. The van der Waals surface area contributed by atoms with Gasteiger partial charge in [0, 0.05) is 25.3 Å². The summed E-state index contributed by atoms with van der Waals surface area (Å²) < 4.78 is 26.1. The third kappa shape index (κ3) is 2.69. The molecular weight excluding hydrogens is 284 g/mol. The van der Waals surface area contributed by atoms with E-state index in [1.165, 1.54) is 4.31 Å². The molecule has 0 aliphatic carbocycles. The molecule has 9 heteroatoms. The molecule has 0 spiro atoms. The summed E-state index contributed by atoms with van der Waals surface area (Å²) in [5, 5.41) is 0. The van der Waals surface area contributed by atoms with Gasteiger partial charge in [0.1, 0.15) is 0 Å². The van der Waals surface area contributed by atoms with Crippen molar-refractivity contribution in [3.8, 4) is 0 Å². The van der Waals surface area contributed by atoms with E-state index >= 15 is 0 Å². The first-order valence-electron chi connectivity index (χ1n) is 6.44. The summed E-state index contributed by atoms with van der Waals surface area (Å²) in [7, 11) is -3.91. The number of aromatic nitrogens is 2. The zero-order valence-corrected chi connectivity index (χ0v) is 11.9. The number of nitrogens with zero attached hydrogens (tertiary/aromatic N) is 1. The van der Waals surface area contributed by atoms with Gasteiger partial charge in [0.05, 0.1) is 0 Å². The van der Waals surface area contributed by atoms with Gasteiger partial charge in [-0.25, -0.2) is 13.2 Å². The number of nitrogens with one attached hydrogen (secondary N) is 2. The Morgan fingerprint density at radius 3 is 2.75 bits per heavy atom. The van der Waals surface area contributed by atoms with Crippen molar-refractivity contribution < 1.29 is 8.42 Å². The van der Waals surface area contributed by atoms with Crippen LogP contribution in [0, 0.1) is 5.92 Å². The Balaban J connectivity index is 2.35. The highest BCUT2D eigenvalue weighted by atomic mass is 32.2. The van der Waals surface area contributed by atoms with Crippen molar-refractivity contribution in [3.05, 3.63) is 27.0 Å². The maximum Gasteiger partial charge on any atom is 0.325 e. The number of aromatic amines is 2. The first-order valence-corrected chi connectivity index (χ1v) is 7.88. The van der Waals surface area contributed by atoms with Crippen molar-refractivity contribution in [2.45, 2.75) is 30.7 Å². The molecule has 0 saturated carbocycles. The Morgan fingerprint density at radius 1 is 1.45 bits per heavy atom. The van der Waals surface area contributed by atoms with E-state index in [0.717, 1.165) is 12.6 Å². The van der Waals surface area contributed by atoms with E-state index < -0.39 is 26.2 Å². The van der Waals surface area contributed by atoms with Crippen LogP contribution in [0.25, 0.3) is 0 Å². The second kappa shape index (κ2) is 5.51. The summed E-state index contributed by atoms with van der Waals surface area (Å²) in [4.78, 5) is 26.2. The number of sulfonamides is 1. The van der Waals surface area contributed by atoms with Gasteiger partial charge in [0.2, 0.25) is 10.0 Å². The summed E-state index contributed by atoms with van der Waals surface area (Å²) in [5.41, 5.74) is 4.31. The molecule has 1 aliphatic heterocycles. The monoisotopic (exact) mass is 302 g/mol. The minimum atomic E-state index is -3.91. The number of rotatable bonds is 3. The maximum absolute atomic E-state index is 12.4. The van der Waals surface area contributed by atoms with Crippen LogP contribution < -0.4 is 17.0 Å². The highest BCUT2D eigenvalue weighted by Gasteiger charge is 2.34. The van der Waals surface area contributed by atoms with Crippen LogP contribution in [0.1, 0.15) is 19.8 Å². The van der Waals surface area contributed by atoms with Gasteiger partial charge in [-0.1, -0.05) is 13.3 Å². The van der Waals surface area contributed by atoms with E-state index in [1.807, 2.05) is 11.9 Å². The Bertz CT molecular complexity index is 693. The van der Waals surface area contributed by atoms with E-state index in [9.17, 15) is 18.0 Å². The largest absolute Gasteiger partial charge is 0.327 e. The molecule has 2 heterocycles.